The number of nitrogens with one attached hydrogen (secondary N) is 1. The quantitative estimate of drug-likeness (QED) is 0.855. The standard InChI is InChI=1S/C13H12ClNO3S/c1-9-4-2-3-5-13(9)19(17,18)15-12-7-6-10(16)8-11(12)14/h2-8,15-16H,1H3. The lowest BCUT2D eigenvalue weighted by Crippen LogP contribution is -2.14. The predicted octanol–water partition coefficient (Wildman–Crippen LogP) is 3.15. The van der Waals surface area contributed by atoms with E-state index in [-0.39, 0.29) is 21.4 Å². The van der Waals surface area contributed by atoms with Gasteiger partial charge in [-0.1, -0.05) is 29.8 Å². The van der Waals surface area contributed by atoms with Gasteiger partial charge in [-0.3, -0.25) is 4.72 Å². The van der Waals surface area contributed by atoms with Crippen molar-refractivity contribution in [1.29, 1.82) is 0 Å². The highest BCUT2D eigenvalue weighted by Crippen LogP contribution is 2.28. The number of rotatable bonds is 3. The van der Waals surface area contributed by atoms with Crippen molar-refractivity contribution >= 4 is 27.3 Å². The molecule has 19 heavy (non-hydrogen) atoms. The summed E-state index contributed by atoms with van der Waals surface area (Å²) in [6.45, 7) is 1.72. The molecule has 0 amide bonds. The topological polar surface area (TPSA) is 66.4 Å². The number of phenols is 1. The number of sulfonamides is 1. The van der Waals surface area contributed by atoms with E-state index in [1.807, 2.05) is 0 Å². The van der Waals surface area contributed by atoms with Crippen molar-refractivity contribution in [3.63, 3.8) is 0 Å². The van der Waals surface area contributed by atoms with E-state index in [0.29, 0.717) is 5.56 Å². The van der Waals surface area contributed by atoms with Crippen molar-refractivity contribution in [2.45, 2.75) is 11.8 Å². The molecule has 0 aliphatic heterocycles. The van der Waals surface area contributed by atoms with E-state index in [9.17, 15) is 13.5 Å². The summed E-state index contributed by atoms with van der Waals surface area (Å²) in [7, 11) is -3.70. The van der Waals surface area contributed by atoms with Gasteiger partial charge < -0.3 is 5.11 Å². The van der Waals surface area contributed by atoms with E-state index in [2.05, 4.69) is 4.72 Å². The second kappa shape index (κ2) is 5.11. The van der Waals surface area contributed by atoms with Crippen molar-refractivity contribution in [3.05, 3.63) is 53.1 Å². The van der Waals surface area contributed by atoms with Crippen LogP contribution in [0.2, 0.25) is 5.02 Å². The average Bonchev–Trinajstić information content (AvgIpc) is 2.33. The van der Waals surface area contributed by atoms with Gasteiger partial charge in [0.1, 0.15) is 5.75 Å². The molecule has 100 valence electrons. The van der Waals surface area contributed by atoms with E-state index in [0.717, 1.165) is 0 Å². The third-order valence-electron chi connectivity index (χ3n) is 2.58. The maximum Gasteiger partial charge on any atom is 0.262 e. The zero-order valence-corrected chi connectivity index (χ0v) is 11.7. The molecule has 0 spiro atoms. The zero-order chi connectivity index (χ0) is 14.0. The summed E-state index contributed by atoms with van der Waals surface area (Å²) in [6.07, 6.45) is 0. The lowest BCUT2D eigenvalue weighted by Gasteiger charge is -2.11. The van der Waals surface area contributed by atoms with Crippen LogP contribution in [0.15, 0.2) is 47.4 Å². The van der Waals surface area contributed by atoms with Crippen molar-refractivity contribution in [2.75, 3.05) is 4.72 Å². The summed E-state index contributed by atoms with van der Waals surface area (Å²) < 4.78 is 26.9. The van der Waals surface area contributed by atoms with Crippen LogP contribution in [0, 0.1) is 6.92 Å². The van der Waals surface area contributed by atoms with Crippen LogP contribution in [0.4, 0.5) is 5.69 Å². The molecular weight excluding hydrogens is 286 g/mol. The molecule has 0 atom stereocenters. The molecule has 2 N–H and O–H groups in total. The Morgan fingerprint density at radius 1 is 1.16 bits per heavy atom. The first kappa shape index (κ1) is 13.7. The Bertz CT molecular complexity index is 714. The van der Waals surface area contributed by atoms with Crippen LogP contribution >= 0.6 is 11.6 Å². The van der Waals surface area contributed by atoms with Gasteiger partial charge in [0.2, 0.25) is 0 Å². The van der Waals surface area contributed by atoms with E-state index in [1.165, 1.54) is 24.3 Å². The maximum absolute atomic E-state index is 12.2. The number of aryl methyl sites for hydroxylation is 1. The third kappa shape index (κ3) is 3.00. The summed E-state index contributed by atoms with van der Waals surface area (Å²) >= 11 is 5.88. The molecular formula is C13H12ClNO3S. The SMILES string of the molecule is Cc1ccccc1S(=O)(=O)Nc1ccc(O)cc1Cl. The largest absolute Gasteiger partial charge is 0.508 e. The first-order valence-electron chi connectivity index (χ1n) is 5.47. The molecule has 4 nitrogen and oxygen atoms in total. The first-order chi connectivity index (χ1) is 8.90. The normalized spacial score (nSPS) is 11.3. The van der Waals surface area contributed by atoms with Gasteiger partial charge in [0.15, 0.2) is 0 Å². The van der Waals surface area contributed by atoms with Crippen LogP contribution in [0.1, 0.15) is 5.56 Å². The average molecular weight is 298 g/mol. The molecule has 0 fully saturated rings. The fourth-order valence-corrected chi connectivity index (χ4v) is 3.25. The first-order valence-corrected chi connectivity index (χ1v) is 7.33. The van der Waals surface area contributed by atoms with Crippen LogP contribution in [0.25, 0.3) is 0 Å². The molecule has 0 aromatic heterocycles. The van der Waals surface area contributed by atoms with Gasteiger partial charge >= 0.3 is 0 Å². The second-order valence-electron chi connectivity index (χ2n) is 4.04. The molecule has 2 rings (SSSR count). The molecule has 0 bridgehead atoms. The Kier molecular flexibility index (Phi) is 3.68. The molecule has 0 saturated heterocycles. The van der Waals surface area contributed by atoms with Crippen LogP contribution in [-0.4, -0.2) is 13.5 Å². The summed E-state index contributed by atoms with van der Waals surface area (Å²) in [4.78, 5) is 0.194. The van der Waals surface area contributed by atoms with Gasteiger partial charge in [-0.2, -0.15) is 0 Å². The van der Waals surface area contributed by atoms with Gasteiger partial charge in [-0.15, -0.1) is 0 Å². The van der Waals surface area contributed by atoms with Gasteiger partial charge in [0, 0.05) is 6.07 Å². The highest BCUT2D eigenvalue weighted by molar-refractivity contribution is 7.92. The lowest BCUT2D eigenvalue weighted by molar-refractivity contribution is 0.475. The van der Waals surface area contributed by atoms with Crippen molar-refractivity contribution in [1.82, 2.24) is 0 Å². The van der Waals surface area contributed by atoms with E-state index in [1.54, 1.807) is 25.1 Å². The molecule has 0 unspecified atom stereocenters. The lowest BCUT2D eigenvalue weighted by atomic mass is 10.2. The predicted molar refractivity (Wildman–Crippen MR) is 75.1 cm³/mol. The Morgan fingerprint density at radius 3 is 2.47 bits per heavy atom. The smallest absolute Gasteiger partial charge is 0.262 e. The number of phenolic OH excluding ortho intramolecular Hbond substituents is 1. The van der Waals surface area contributed by atoms with Crippen LogP contribution < -0.4 is 4.72 Å². The van der Waals surface area contributed by atoms with E-state index >= 15 is 0 Å². The fourth-order valence-electron chi connectivity index (χ4n) is 1.64. The second-order valence-corrected chi connectivity index (χ2v) is 6.09. The molecule has 6 heteroatoms. The molecule has 2 aromatic rings. The molecule has 0 radical (unpaired) electrons. The number of halogens is 1. The van der Waals surface area contributed by atoms with Crippen molar-refractivity contribution in [2.24, 2.45) is 0 Å². The Morgan fingerprint density at radius 2 is 1.84 bits per heavy atom. The van der Waals surface area contributed by atoms with Crippen molar-refractivity contribution in [3.8, 4) is 5.75 Å². The van der Waals surface area contributed by atoms with Gasteiger partial charge in [0.25, 0.3) is 10.0 Å². The van der Waals surface area contributed by atoms with Crippen LogP contribution in [-0.2, 0) is 10.0 Å². The summed E-state index contributed by atoms with van der Waals surface area (Å²) in [5.74, 6) is -0.0242. The fraction of sp³-hybridized carbons (Fsp3) is 0.0769. The van der Waals surface area contributed by atoms with Gasteiger partial charge in [0.05, 0.1) is 15.6 Å². The third-order valence-corrected chi connectivity index (χ3v) is 4.42. The monoisotopic (exact) mass is 297 g/mol. The van der Waals surface area contributed by atoms with Crippen LogP contribution in [0.5, 0.6) is 5.75 Å². The summed E-state index contributed by atoms with van der Waals surface area (Å²) in [5.41, 5.74) is 0.868. The Labute approximate surface area is 116 Å². The van der Waals surface area contributed by atoms with Crippen LogP contribution in [0.3, 0.4) is 0 Å². The number of hydrogen-bond acceptors (Lipinski definition) is 3. The minimum absolute atomic E-state index is 0.0242. The van der Waals surface area contributed by atoms with Gasteiger partial charge in [-0.05, 0) is 30.7 Å². The van der Waals surface area contributed by atoms with Gasteiger partial charge in [-0.25, -0.2) is 8.42 Å². The van der Waals surface area contributed by atoms with E-state index < -0.39 is 10.0 Å². The maximum atomic E-state index is 12.2. The molecule has 0 aliphatic rings. The molecule has 0 aliphatic carbocycles. The highest BCUT2D eigenvalue weighted by Gasteiger charge is 2.17. The Hall–Kier alpha value is -1.72. The molecule has 0 heterocycles. The van der Waals surface area contributed by atoms with Crippen molar-refractivity contribution < 1.29 is 13.5 Å². The summed E-state index contributed by atoms with van der Waals surface area (Å²) in [5, 5.41) is 9.37. The minimum atomic E-state index is -3.70. The number of anilines is 1. The van der Waals surface area contributed by atoms with E-state index in [4.69, 9.17) is 11.6 Å². The highest BCUT2D eigenvalue weighted by atomic mass is 35.5. The minimum Gasteiger partial charge on any atom is -0.508 e. The molecule has 0 saturated carbocycles. The summed E-state index contributed by atoms with van der Waals surface area (Å²) in [6, 6.07) is 10.7. The number of aromatic hydroxyl groups is 1. The number of benzene rings is 2. The zero-order valence-electron chi connectivity index (χ0n) is 10.1. The number of hydrogen-bond donors (Lipinski definition) is 2. The Balaban J connectivity index is 2.40. The molecule has 2 aromatic carbocycles.